The molecule has 0 bridgehead atoms. The predicted molar refractivity (Wildman–Crippen MR) is 39.1 cm³/mol. The second-order valence-electron chi connectivity index (χ2n) is 2.96. The summed E-state index contributed by atoms with van der Waals surface area (Å²) in [6, 6.07) is 0. The second-order valence-corrected chi connectivity index (χ2v) is 2.96. The summed E-state index contributed by atoms with van der Waals surface area (Å²) in [7, 11) is 2.11. The van der Waals surface area contributed by atoms with Gasteiger partial charge in [0.1, 0.15) is 0 Å². The average Bonchev–Trinajstić information content (AvgIpc) is 2.66. The number of rotatable bonds is 3. The van der Waals surface area contributed by atoms with Crippen molar-refractivity contribution in [2.45, 2.75) is 31.7 Å². The Hall–Kier alpha value is -0.0800. The lowest BCUT2D eigenvalue weighted by Gasteiger charge is -2.24. The van der Waals surface area contributed by atoms with Crippen LogP contribution >= 0.6 is 0 Å². The molecule has 54 valence electrons. The highest BCUT2D eigenvalue weighted by molar-refractivity contribution is 5.00. The van der Waals surface area contributed by atoms with Crippen LogP contribution in [0.3, 0.4) is 0 Å². The van der Waals surface area contributed by atoms with Crippen LogP contribution in [0, 0.1) is 0 Å². The third-order valence-electron chi connectivity index (χ3n) is 2.57. The highest BCUT2D eigenvalue weighted by Gasteiger charge is 2.43. The van der Waals surface area contributed by atoms with Gasteiger partial charge in [0.15, 0.2) is 0 Å². The van der Waals surface area contributed by atoms with Crippen molar-refractivity contribution in [1.82, 2.24) is 4.90 Å². The first-order chi connectivity index (χ1) is 4.25. The topological polar surface area (TPSA) is 29.3 Å². The molecule has 0 atom stereocenters. The van der Waals surface area contributed by atoms with Crippen LogP contribution in [0.5, 0.6) is 0 Å². The number of hydrogen-bond donors (Lipinski definition) is 1. The van der Waals surface area contributed by atoms with E-state index in [2.05, 4.69) is 18.9 Å². The minimum Gasteiger partial charge on any atom is -0.318 e. The van der Waals surface area contributed by atoms with Crippen LogP contribution in [0.15, 0.2) is 0 Å². The van der Waals surface area contributed by atoms with E-state index in [4.69, 9.17) is 5.73 Å². The standard InChI is InChI=1S/C7H16N2/c1-3-7(4-5-7)9(2)6-8/h3-6,8H2,1-2H3. The van der Waals surface area contributed by atoms with E-state index in [1.165, 1.54) is 19.3 Å². The third-order valence-corrected chi connectivity index (χ3v) is 2.57. The zero-order chi connectivity index (χ0) is 6.91. The summed E-state index contributed by atoms with van der Waals surface area (Å²) in [6.07, 6.45) is 3.94. The van der Waals surface area contributed by atoms with Gasteiger partial charge in [0.25, 0.3) is 0 Å². The van der Waals surface area contributed by atoms with Gasteiger partial charge in [0, 0.05) is 12.2 Å². The Morgan fingerprint density at radius 1 is 1.56 bits per heavy atom. The fourth-order valence-corrected chi connectivity index (χ4v) is 1.34. The van der Waals surface area contributed by atoms with Crippen molar-refractivity contribution >= 4 is 0 Å². The van der Waals surface area contributed by atoms with Gasteiger partial charge in [-0.15, -0.1) is 0 Å². The summed E-state index contributed by atoms with van der Waals surface area (Å²) in [5.74, 6) is 0. The molecule has 2 nitrogen and oxygen atoms in total. The van der Waals surface area contributed by atoms with E-state index in [1.54, 1.807) is 0 Å². The summed E-state index contributed by atoms with van der Waals surface area (Å²) >= 11 is 0. The lowest BCUT2D eigenvalue weighted by molar-refractivity contribution is 0.221. The van der Waals surface area contributed by atoms with E-state index < -0.39 is 0 Å². The molecular weight excluding hydrogens is 112 g/mol. The van der Waals surface area contributed by atoms with E-state index in [0.29, 0.717) is 12.2 Å². The maximum atomic E-state index is 5.50. The molecule has 0 heterocycles. The molecular formula is C7H16N2. The fourth-order valence-electron chi connectivity index (χ4n) is 1.34. The average molecular weight is 128 g/mol. The largest absolute Gasteiger partial charge is 0.318 e. The van der Waals surface area contributed by atoms with Gasteiger partial charge in [0.2, 0.25) is 0 Å². The van der Waals surface area contributed by atoms with Gasteiger partial charge >= 0.3 is 0 Å². The molecule has 0 unspecified atom stereocenters. The van der Waals surface area contributed by atoms with Crippen molar-refractivity contribution in [3.05, 3.63) is 0 Å². The predicted octanol–water partition coefficient (Wildman–Crippen LogP) is 0.777. The van der Waals surface area contributed by atoms with Crippen molar-refractivity contribution in [2.75, 3.05) is 13.7 Å². The third kappa shape index (κ3) is 1.10. The Morgan fingerprint density at radius 3 is 2.22 bits per heavy atom. The van der Waals surface area contributed by atoms with Gasteiger partial charge in [-0.2, -0.15) is 0 Å². The minimum absolute atomic E-state index is 0.509. The normalized spacial score (nSPS) is 22.7. The highest BCUT2D eigenvalue weighted by Crippen LogP contribution is 2.42. The Morgan fingerprint density at radius 2 is 2.11 bits per heavy atom. The molecule has 2 heteroatoms. The van der Waals surface area contributed by atoms with Crippen LogP contribution in [0.1, 0.15) is 26.2 Å². The minimum atomic E-state index is 0.509. The monoisotopic (exact) mass is 128 g/mol. The SMILES string of the molecule is CCC1(N(C)CN)CC1. The van der Waals surface area contributed by atoms with Crippen LogP contribution in [0.2, 0.25) is 0 Å². The fraction of sp³-hybridized carbons (Fsp3) is 1.00. The smallest absolute Gasteiger partial charge is 0.0457 e. The van der Waals surface area contributed by atoms with Crippen LogP contribution in [-0.4, -0.2) is 24.2 Å². The molecule has 1 aliphatic rings. The maximum absolute atomic E-state index is 5.50. The summed E-state index contributed by atoms with van der Waals surface area (Å²) in [5.41, 5.74) is 6.01. The van der Waals surface area contributed by atoms with Crippen LogP contribution in [0.4, 0.5) is 0 Å². The van der Waals surface area contributed by atoms with E-state index in [1.807, 2.05) is 0 Å². The highest BCUT2D eigenvalue weighted by atomic mass is 15.2. The van der Waals surface area contributed by atoms with Crippen LogP contribution in [0.25, 0.3) is 0 Å². The molecule has 0 radical (unpaired) electrons. The van der Waals surface area contributed by atoms with Crippen molar-refractivity contribution in [1.29, 1.82) is 0 Å². The summed E-state index contributed by atoms with van der Waals surface area (Å²) < 4.78 is 0. The van der Waals surface area contributed by atoms with Crippen molar-refractivity contribution in [3.63, 3.8) is 0 Å². The Labute approximate surface area is 57.0 Å². The number of hydrogen-bond acceptors (Lipinski definition) is 2. The van der Waals surface area contributed by atoms with Crippen molar-refractivity contribution in [3.8, 4) is 0 Å². The van der Waals surface area contributed by atoms with Gasteiger partial charge in [-0.25, -0.2) is 0 Å². The molecule has 0 aromatic rings. The molecule has 0 aromatic heterocycles. The van der Waals surface area contributed by atoms with Crippen molar-refractivity contribution < 1.29 is 0 Å². The number of nitrogens with two attached hydrogens (primary N) is 1. The Bertz CT molecular complexity index is 97.1. The first-order valence-corrected chi connectivity index (χ1v) is 3.66. The molecule has 0 spiro atoms. The van der Waals surface area contributed by atoms with E-state index >= 15 is 0 Å². The molecule has 0 amide bonds. The first kappa shape index (κ1) is 7.03. The summed E-state index contributed by atoms with van der Waals surface area (Å²) in [6.45, 7) is 2.94. The van der Waals surface area contributed by atoms with E-state index in [-0.39, 0.29) is 0 Å². The first-order valence-electron chi connectivity index (χ1n) is 3.66. The summed E-state index contributed by atoms with van der Waals surface area (Å²) in [4.78, 5) is 2.26. The molecule has 0 aliphatic heterocycles. The van der Waals surface area contributed by atoms with Gasteiger partial charge < -0.3 is 5.73 Å². The Balaban J connectivity index is 2.39. The zero-order valence-electron chi connectivity index (χ0n) is 6.35. The van der Waals surface area contributed by atoms with Crippen LogP contribution in [-0.2, 0) is 0 Å². The molecule has 9 heavy (non-hydrogen) atoms. The molecule has 1 fully saturated rings. The van der Waals surface area contributed by atoms with E-state index in [0.717, 1.165) is 0 Å². The maximum Gasteiger partial charge on any atom is 0.0457 e. The molecule has 1 saturated carbocycles. The van der Waals surface area contributed by atoms with Gasteiger partial charge in [-0.1, -0.05) is 6.92 Å². The van der Waals surface area contributed by atoms with Crippen LogP contribution < -0.4 is 5.73 Å². The molecule has 1 aliphatic carbocycles. The van der Waals surface area contributed by atoms with E-state index in [9.17, 15) is 0 Å². The van der Waals surface area contributed by atoms with Gasteiger partial charge in [0.05, 0.1) is 0 Å². The number of nitrogens with zero attached hydrogens (tertiary/aromatic N) is 1. The molecule has 2 N–H and O–H groups in total. The van der Waals surface area contributed by atoms with Gasteiger partial charge in [-0.05, 0) is 26.3 Å². The lowest BCUT2D eigenvalue weighted by Crippen LogP contribution is -2.37. The van der Waals surface area contributed by atoms with Gasteiger partial charge in [-0.3, -0.25) is 4.90 Å². The second kappa shape index (κ2) is 2.27. The molecule has 0 aromatic carbocycles. The lowest BCUT2D eigenvalue weighted by atomic mass is 10.2. The summed E-state index contributed by atoms with van der Waals surface area (Å²) in [5, 5.41) is 0. The molecule has 0 saturated heterocycles. The Kier molecular flexibility index (Phi) is 1.78. The molecule has 1 rings (SSSR count). The zero-order valence-corrected chi connectivity index (χ0v) is 6.35. The van der Waals surface area contributed by atoms with Crippen molar-refractivity contribution in [2.24, 2.45) is 5.73 Å². The quantitative estimate of drug-likeness (QED) is 0.569.